The highest BCUT2D eigenvalue weighted by molar-refractivity contribution is 6.23. The van der Waals surface area contributed by atoms with Crippen LogP contribution in [0.3, 0.4) is 0 Å². The molecule has 1 heterocycles. The molecule has 1 saturated carbocycles. The largest absolute Gasteiger partial charge is 0.427 e. The van der Waals surface area contributed by atoms with Crippen LogP contribution in [0.5, 0.6) is 0 Å². The normalized spacial score (nSPS) is 19.0. The van der Waals surface area contributed by atoms with E-state index < -0.39 is 5.54 Å². The number of nitrogens with zero attached hydrogens (tertiary/aromatic N) is 1. The van der Waals surface area contributed by atoms with Crippen LogP contribution in [-0.2, 0) is 23.9 Å². The predicted molar refractivity (Wildman–Crippen MR) is 100 cm³/mol. The second-order valence-corrected chi connectivity index (χ2v) is 7.79. The maximum absolute atomic E-state index is 13.3. The SMILES string of the molecule is COCON1C(=O)C(c2c(C)ccc(C)c2C)=C(OC(=O)C2CC2)C1(C)C. The molecule has 0 bridgehead atoms. The van der Waals surface area contributed by atoms with Crippen LogP contribution in [0.4, 0.5) is 0 Å². The first-order chi connectivity index (χ1) is 12.7. The minimum absolute atomic E-state index is 0.0710. The lowest BCUT2D eigenvalue weighted by Crippen LogP contribution is -2.44. The summed E-state index contributed by atoms with van der Waals surface area (Å²) in [6.45, 7) is 9.47. The fourth-order valence-corrected chi connectivity index (χ4v) is 3.41. The maximum Gasteiger partial charge on any atom is 0.314 e. The van der Waals surface area contributed by atoms with Crippen LogP contribution in [0, 0.1) is 26.7 Å². The molecule has 0 unspecified atom stereocenters. The number of aryl methyl sites for hydroxylation is 2. The Morgan fingerprint density at radius 1 is 1.19 bits per heavy atom. The first-order valence-electron chi connectivity index (χ1n) is 9.20. The van der Waals surface area contributed by atoms with Crippen molar-refractivity contribution in [1.82, 2.24) is 5.06 Å². The van der Waals surface area contributed by atoms with E-state index in [2.05, 4.69) is 0 Å². The number of hydroxylamine groups is 2. The minimum Gasteiger partial charge on any atom is -0.427 e. The minimum atomic E-state index is -0.932. The molecule has 0 N–H and O–H groups in total. The van der Waals surface area contributed by atoms with E-state index in [0.29, 0.717) is 11.3 Å². The standard InChI is InChI=1S/C21H27NO5/c1-12-7-8-13(2)16(14(12)3)17-18(27-20(24)15-9-10-15)21(4,5)22(19(17)23)26-11-25-6/h7-8,15H,9-11H2,1-6H3. The number of amides is 1. The van der Waals surface area contributed by atoms with Crippen molar-refractivity contribution in [1.29, 1.82) is 0 Å². The topological polar surface area (TPSA) is 65.1 Å². The van der Waals surface area contributed by atoms with Crippen LogP contribution >= 0.6 is 0 Å². The molecule has 0 spiro atoms. The lowest BCUT2D eigenvalue weighted by Gasteiger charge is -2.31. The van der Waals surface area contributed by atoms with E-state index in [9.17, 15) is 9.59 Å². The molecule has 6 nitrogen and oxygen atoms in total. The number of rotatable bonds is 6. The molecule has 146 valence electrons. The first-order valence-corrected chi connectivity index (χ1v) is 9.20. The van der Waals surface area contributed by atoms with Gasteiger partial charge in [-0.2, -0.15) is 0 Å². The first kappa shape index (κ1) is 19.6. The molecule has 0 aromatic heterocycles. The van der Waals surface area contributed by atoms with Crippen LogP contribution in [0.2, 0.25) is 0 Å². The molecule has 2 aliphatic rings. The quantitative estimate of drug-likeness (QED) is 0.565. The Morgan fingerprint density at radius 2 is 1.81 bits per heavy atom. The number of carbonyl (C=O) groups excluding carboxylic acids is 2. The van der Waals surface area contributed by atoms with Crippen LogP contribution in [0.25, 0.3) is 5.57 Å². The van der Waals surface area contributed by atoms with Crippen molar-refractivity contribution in [3.8, 4) is 0 Å². The van der Waals surface area contributed by atoms with Gasteiger partial charge in [0.05, 0.1) is 11.5 Å². The van der Waals surface area contributed by atoms with Crippen molar-refractivity contribution >= 4 is 17.4 Å². The highest BCUT2D eigenvalue weighted by Gasteiger charge is 2.51. The number of benzene rings is 1. The van der Waals surface area contributed by atoms with Gasteiger partial charge >= 0.3 is 5.97 Å². The van der Waals surface area contributed by atoms with Crippen molar-refractivity contribution in [2.45, 2.75) is 53.0 Å². The van der Waals surface area contributed by atoms with Crippen LogP contribution < -0.4 is 0 Å². The van der Waals surface area contributed by atoms with Gasteiger partial charge in [0, 0.05) is 7.11 Å². The number of methoxy groups -OCH3 is 1. The molecular formula is C21H27NO5. The molecule has 0 radical (unpaired) electrons. The summed E-state index contributed by atoms with van der Waals surface area (Å²) >= 11 is 0. The summed E-state index contributed by atoms with van der Waals surface area (Å²) in [7, 11) is 1.49. The van der Waals surface area contributed by atoms with Gasteiger partial charge in [0.25, 0.3) is 5.91 Å². The van der Waals surface area contributed by atoms with Crippen LogP contribution in [0.15, 0.2) is 17.9 Å². The highest BCUT2D eigenvalue weighted by atomic mass is 16.8. The molecule has 6 heteroatoms. The van der Waals surface area contributed by atoms with Crippen molar-refractivity contribution in [2.24, 2.45) is 5.92 Å². The van der Waals surface area contributed by atoms with Gasteiger partial charge in [0.2, 0.25) is 0 Å². The van der Waals surface area contributed by atoms with E-state index in [1.807, 2.05) is 46.8 Å². The molecule has 1 aromatic carbocycles. The van der Waals surface area contributed by atoms with E-state index in [4.69, 9.17) is 14.3 Å². The molecule has 0 saturated heterocycles. The maximum atomic E-state index is 13.3. The second kappa shape index (κ2) is 7.09. The van der Waals surface area contributed by atoms with E-state index >= 15 is 0 Å². The predicted octanol–water partition coefficient (Wildman–Crippen LogP) is 3.43. The van der Waals surface area contributed by atoms with Crippen molar-refractivity contribution in [2.75, 3.05) is 13.9 Å². The number of esters is 1. The van der Waals surface area contributed by atoms with Gasteiger partial charge in [-0.05, 0) is 69.7 Å². The van der Waals surface area contributed by atoms with E-state index in [1.54, 1.807) is 0 Å². The van der Waals surface area contributed by atoms with Crippen LogP contribution in [-0.4, -0.2) is 36.4 Å². The lowest BCUT2D eigenvalue weighted by atomic mass is 9.90. The third-order valence-electron chi connectivity index (χ3n) is 5.30. The molecule has 1 aromatic rings. The molecule has 1 amide bonds. The van der Waals surface area contributed by atoms with Gasteiger partial charge in [-0.25, -0.2) is 9.90 Å². The van der Waals surface area contributed by atoms with Gasteiger partial charge in [-0.15, -0.1) is 0 Å². The molecule has 1 aliphatic heterocycles. The van der Waals surface area contributed by atoms with E-state index in [-0.39, 0.29) is 24.6 Å². The summed E-state index contributed by atoms with van der Waals surface area (Å²) in [5.41, 5.74) is 3.27. The molecule has 1 fully saturated rings. The number of carbonyl (C=O) groups is 2. The van der Waals surface area contributed by atoms with Crippen molar-refractivity contribution in [3.63, 3.8) is 0 Å². The summed E-state index contributed by atoms with van der Waals surface area (Å²) in [6.07, 6.45) is 1.67. The third-order valence-corrected chi connectivity index (χ3v) is 5.30. The molecule has 1 aliphatic carbocycles. The number of ether oxygens (including phenoxy) is 2. The van der Waals surface area contributed by atoms with Crippen molar-refractivity contribution < 1.29 is 23.9 Å². The Morgan fingerprint density at radius 3 is 2.41 bits per heavy atom. The summed E-state index contributed by atoms with van der Waals surface area (Å²) in [6, 6.07) is 4.00. The van der Waals surface area contributed by atoms with Gasteiger partial charge in [0.1, 0.15) is 11.3 Å². The zero-order valence-electron chi connectivity index (χ0n) is 16.8. The number of hydrogen-bond acceptors (Lipinski definition) is 5. The second-order valence-electron chi connectivity index (χ2n) is 7.79. The summed E-state index contributed by atoms with van der Waals surface area (Å²) in [5.74, 6) is -0.331. The Hall–Kier alpha value is -2.18. The van der Waals surface area contributed by atoms with E-state index in [0.717, 1.165) is 35.1 Å². The average molecular weight is 373 g/mol. The van der Waals surface area contributed by atoms with Gasteiger partial charge in [0.15, 0.2) is 6.79 Å². The third kappa shape index (κ3) is 3.39. The van der Waals surface area contributed by atoms with E-state index in [1.165, 1.54) is 12.2 Å². The Bertz CT molecular complexity index is 820. The summed E-state index contributed by atoms with van der Waals surface area (Å²) < 4.78 is 10.8. The van der Waals surface area contributed by atoms with Crippen LogP contribution in [0.1, 0.15) is 48.9 Å². The van der Waals surface area contributed by atoms with Gasteiger partial charge in [-0.1, -0.05) is 12.1 Å². The summed E-state index contributed by atoms with van der Waals surface area (Å²) in [5, 5.41) is 1.25. The monoisotopic (exact) mass is 373 g/mol. The summed E-state index contributed by atoms with van der Waals surface area (Å²) in [4.78, 5) is 31.3. The zero-order valence-corrected chi connectivity index (χ0v) is 16.8. The van der Waals surface area contributed by atoms with Gasteiger partial charge < -0.3 is 9.47 Å². The highest BCUT2D eigenvalue weighted by Crippen LogP contribution is 2.44. The van der Waals surface area contributed by atoms with Crippen molar-refractivity contribution in [3.05, 3.63) is 40.1 Å². The number of hydrogen-bond donors (Lipinski definition) is 0. The molecular weight excluding hydrogens is 346 g/mol. The fourth-order valence-electron chi connectivity index (χ4n) is 3.41. The average Bonchev–Trinajstić information content (AvgIpc) is 3.43. The smallest absolute Gasteiger partial charge is 0.314 e. The zero-order chi connectivity index (χ0) is 19.9. The molecule has 3 rings (SSSR count). The lowest BCUT2D eigenvalue weighted by molar-refractivity contribution is -0.239. The molecule has 27 heavy (non-hydrogen) atoms. The molecule has 0 atom stereocenters. The van der Waals surface area contributed by atoms with Gasteiger partial charge in [-0.3, -0.25) is 9.59 Å². The Labute approximate surface area is 160 Å². The Kier molecular flexibility index (Phi) is 5.14. The Balaban J connectivity index is 2.15. The fraction of sp³-hybridized carbons (Fsp3) is 0.524.